The maximum atomic E-state index is 13.4. The smallest absolute Gasteiger partial charge is 0.262 e. The molecular weight excluding hydrogens is 488 g/mol. The fourth-order valence-corrected chi connectivity index (χ4v) is 8.71. The first kappa shape index (κ1) is 26.7. The summed E-state index contributed by atoms with van der Waals surface area (Å²) in [4.78, 5) is 42.1. The van der Waals surface area contributed by atoms with Gasteiger partial charge in [0.1, 0.15) is 11.9 Å². The highest BCUT2D eigenvalue weighted by Gasteiger charge is 2.50. The Bertz CT molecular complexity index is 1260. The number of carbonyl (C=O) groups is 2. The Morgan fingerprint density at radius 2 is 1.62 bits per heavy atom. The lowest BCUT2D eigenvalue weighted by Crippen LogP contribution is -2.58. The van der Waals surface area contributed by atoms with Gasteiger partial charge in [-0.25, -0.2) is 4.98 Å². The Hall–Kier alpha value is -2.54. The summed E-state index contributed by atoms with van der Waals surface area (Å²) in [6.45, 7) is 2.96. The minimum Gasteiger partial charge on any atom is -0.311 e. The summed E-state index contributed by atoms with van der Waals surface area (Å²) in [5.74, 6) is 2.85. The standard InChI is InChI=1S/C32H44N4O3/c1-21-34-29-25(10-8-11-26(29)31(39)36(21)27-12-13-28(37)35-30(27)38)9-6-4-2-3-5-7-14-33-32-18-22-15-23(19-32)17-24(16-22)20-32/h8,10-11,22-24,27,33H,2-7,9,12-20H2,1H3,(H,35,37,38). The van der Waals surface area contributed by atoms with Gasteiger partial charge in [0.15, 0.2) is 0 Å². The van der Waals surface area contributed by atoms with Crippen LogP contribution in [0.4, 0.5) is 0 Å². The molecule has 1 aliphatic heterocycles. The van der Waals surface area contributed by atoms with Crippen molar-refractivity contribution in [3.63, 3.8) is 0 Å². The van der Waals surface area contributed by atoms with E-state index in [0.717, 1.165) is 41.7 Å². The van der Waals surface area contributed by atoms with Crippen molar-refractivity contribution in [2.24, 2.45) is 17.8 Å². The van der Waals surface area contributed by atoms with E-state index in [-0.39, 0.29) is 17.9 Å². The normalized spacial score (nSPS) is 29.8. The number of unbranched alkanes of at least 4 members (excludes halogenated alkanes) is 5. The van der Waals surface area contributed by atoms with Gasteiger partial charge in [-0.2, -0.15) is 0 Å². The van der Waals surface area contributed by atoms with Gasteiger partial charge in [-0.3, -0.25) is 24.3 Å². The summed E-state index contributed by atoms with van der Waals surface area (Å²) >= 11 is 0. The largest absolute Gasteiger partial charge is 0.311 e. The third-order valence-electron chi connectivity index (χ3n) is 10.1. The van der Waals surface area contributed by atoms with Crippen LogP contribution in [0.25, 0.3) is 10.9 Å². The van der Waals surface area contributed by atoms with Crippen molar-refractivity contribution in [3.05, 3.63) is 39.9 Å². The number of benzene rings is 1. The molecule has 210 valence electrons. The lowest BCUT2D eigenvalue weighted by atomic mass is 9.53. The van der Waals surface area contributed by atoms with Gasteiger partial charge in [0.05, 0.1) is 10.9 Å². The molecule has 2 heterocycles. The summed E-state index contributed by atoms with van der Waals surface area (Å²) in [6, 6.07) is 5.11. The van der Waals surface area contributed by atoms with Crippen molar-refractivity contribution in [2.75, 3.05) is 6.54 Å². The number of aryl methyl sites for hydroxylation is 2. The number of rotatable bonds is 11. The number of hydrogen-bond acceptors (Lipinski definition) is 5. The number of carbonyl (C=O) groups excluding carboxylic acids is 2. The van der Waals surface area contributed by atoms with Crippen LogP contribution >= 0.6 is 0 Å². The van der Waals surface area contributed by atoms with Crippen LogP contribution in [0.15, 0.2) is 23.0 Å². The Morgan fingerprint density at radius 1 is 0.949 bits per heavy atom. The van der Waals surface area contributed by atoms with E-state index in [4.69, 9.17) is 4.98 Å². The van der Waals surface area contributed by atoms with E-state index < -0.39 is 11.9 Å². The number of fused-ring (bicyclic) bond motifs is 1. The lowest BCUT2D eigenvalue weighted by Gasteiger charge is -2.57. The van der Waals surface area contributed by atoms with E-state index in [1.807, 2.05) is 6.07 Å². The molecule has 7 rings (SSSR count). The van der Waals surface area contributed by atoms with Crippen molar-refractivity contribution in [2.45, 2.75) is 115 Å². The number of imide groups is 1. The highest BCUT2D eigenvalue weighted by atomic mass is 16.2. The molecule has 1 aromatic heterocycles. The van der Waals surface area contributed by atoms with Gasteiger partial charge in [0, 0.05) is 12.0 Å². The summed E-state index contributed by atoms with van der Waals surface area (Å²) in [5, 5.41) is 6.94. The molecule has 0 radical (unpaired) electrons. The van der Waals surface area contributed by atoms with Crippen molar-refractivity contribution in [1.29, 1.82) is 0 Å². The van der Waals surface area contributed by atoms with Gasteiger partial charge in [-0.1, -0.05) is 37.8 Å². The van der Waals surface area contributed by atoms with Gasteiger partial charge in [0.25, 0.3) is 5.56 Å². The van der Waals surface area contributed by atoms with E-state index in [2.05, 4.69) is 16.7 Å². The van der Waals surface area contributed by atoms with E-state index >= 15 is 0 Å². The number of amides is 2. The number of para-hydroxylation sites is 1. The van der Waals surface area contributed by atoms with Crippen molar-refractivity contribution < 1.29 is 9.59 Å². The molecule has 1 saturated heterocycles. The van der Waals surface area contributed by atoms with Crippen LogP contribution in [-0.2, 0) is 16.0 Å². The fraction of sp³-hybridized carbons (Fsp3) is 0.688. The molecule has 39 heavy (non-hydrogen) atoms. The molecule has 1 unspecified atom stereocenters. The highest BCUT2D eigenvalue weighted by Crippen LogP contribution is 2.55. The van der Waals surface area contributed by atoms with Crippen LogP contribution in [0.1, 0.15) is 107 Å². The number of nitrogens with one attached hydrogen (secondary N) is 2. The minimum absolute atomic E-state index is 0.198. The van der Waals surface area contributed by atoms with E-state index in [1.165, 1.54) is 81.7 Å². The average molecular weight is 533 g/mol. The predicted molar refractivity (Wildman–Crippen MR) is 152 cm³/mol. The maximum Gasteiger partial charge on any atom is 0.262 e. The van der Waals surface area contributed by atoms with E-state index in [9.17, 15) is 14.4 Å². The van der Waals surface area contributed by atoms with Crippen LogP contribution in [0.3, 0.4) is 0 Å². The zero-order valence-electron chi connectivity index (χ0n) is 23.5. The maximum absolute atomic E-state index is 13.4. The molecule has 2 amide bonds. The quantitative estimate of drug-likeness (QED) is 0.309. The number of hydrogen-bond donors (Lipinski definition) is 2. The van der Waals surface area contributed by atoms with Gasteiger partial charge in [-0.05, 0) is 107 Å². The van der Waals surface area contributed by atoms with Crippen molar-refractivity contribution in [3.8, 4) is 0 Å². The van der Waals surface area contributed by atoms with Crippen LogP contribution < -0.4 is 16.2 Å². The summed E-state index contributed by atoms with van der Waals surface area (Å²) in [6.07, 6.45) is 17.7. The molecule has 2 aromatic rings. The van der Waals surface area contributed by atoms with Crippen molar-refractivity contribution >= 4 is 22.7 Å². The SMILES string of the molecule is Cc1nc2c(CCCCCCCCNC34CC5CC(CC(C5)C3)C4)cccc2c(=O)n1C1CCC(=O)NC1=O. The molecule has 4 saturated carbocycles. The Labute approximate surface area is 231 Å². The van der Waals surface area contributed by atoms with E-state index in [0.29, 0.717) is 23.2 Å². The zero-order valence-corrected chi connectivity index (χ0v) is 23.5. The Balaban J connectivity index is 0.957. The summed E-state index contributed by atoms with van der Waals surface area (Å²) in [5.41, 5.74) is 2.14. The van der Waals surface area contributed by atoms with Crippen LogP contribution in [0, 0.1) is 24.7 Å². The molecule has 5 fully saturated rings. The third kappa shape index (κ3) is 5.57. The van der Waals surface area contributed by atoms with E-state index in [1.54, 1.807) is 13.0 Å². The summed E-state index contributed by atoms with van der Waals surface area (Å²) in [7, 11) is 0. The first-order valence-corrected chi connectivity index (χ1v) is 15.5. The number of aromatic nitrogens is 2. The number of piperidine rings is 1. The Kier molecular flexibility index (Phi) is 7.62. The third-order valence-corrected chi connectivity index (χ3v) is 10.1. The topological polar surface area (TPSA) is 93.1 Å². The first-order chi connectivity index (χ1) is 18.9. The second-order valence-corrected chi connectivity index (χ2v) is 13.1. The molecule has 1 aromatic carbocycles. The zero-order chi connectivity index (χ0) is 27.0. The summed E-state index contributed by atoms with van der Waals surface area (Å²) < 4.78 is 1.46. The second kappa shape index (κ2) is 11.1. The minimum atomic E-state index is -0.682. The molecule has 2 N–H and O–H groups in total. The van der Waals surface area contributed by atoms with Crippen LogP contribution in [0.2, 0.25) is 0 Å². The van der Waals surface area contributed by atoms with Gasteiger partial charge in [0.2, 0.25) is 11.8 Å². The predicted octanol–water partition coefficient (Wildman–Crippen LogP) is 5.12. The van der Waals surface area contributed by atoms with Crippen LogP contribution in [0.5, 0.6) is 0 Å². The highest BCUT2D eigenvalue weighted by molar-refractivity contribution is 5.99. The molecule has 0 spiro atoms. The van der Waals surface area contributed by atoms with Gasteiger partial charge >= 0.3 is 0 Å². The molecule has 7 heteroatoms. The van der Waals surface area contributed by atoms with Gasteiger partial charge < -0.3 is 5.32 Å². The van der Waals surface area contributed by atoms with Gasteiger partial charge in [-0.15, -0.1) is 0 Å². The second-order valence-electron chi connectivity index (χ2n) is 13.1. The average Bonchev–Trinajstić information content (AvgIpc) is 2.88. The number of nitrogens with zero attached hydrogens (tertiary/aromatic N) is 2. The first-order valence-electron chi connectivity index (χ1n) is 15.5. The molecule has 7 nitrogen and oxygen atoms in total. The monoisotopic (exact) mass is 532 g/mol. The molecule has 5 aliphatic rings. The van der Waals surface area contributed by atoms with Crippen LogP contribution in [-0.4, -0.2) is 33.4 Å². The molecule has 4 bridgehead atoms. The Morgan fingerprint density at radius 3 is 2.31 bits per heavy atom. The van der Waals surface area contributed by atoms with Crippen molar-refractivity contribution in [1.82, 2.24) is 20.2 Å². The lowest BCUT2D eigenvalue weighted by molar-refractivity contribution is -0.135. The molecular formula is C32H44N4O3. The molecule has 1 atom stereocenters. The fourth-order valence-electron chi connectivity index (χ4n) is 8.71. The molecule has 4 aliphatic carbocycles.